The molecule has 2 aromatic rings. The molecule has 0 fully saturated rings. The van der Waals surface area contributed by atoms with E-state index in [1.165, 1.54) is 31.4 Å². The SMILES string of the molecule is Cc1ccc(NC(=O)CN(C)S(=O)(=O)c2cc(Br)cnc2N)cc1F. The van der Waals surface area contributed by atoms with Crippen LogP contribution in [0.25, 0.3) is 0 Å². The number of nitrogens with two attached hydrogens (primary N) is 1. The zero-order valence-corrected chi connectivity index (χ0v) is 15.9. The Kier molecular flexibility index (Phi) is 5.76. The van der Waals surface area contributed by atoms with E-state index in [2.05, 4.69) is 26.2 Å². The number of carbonyl (C=O) groups excluding carboxylic acids is 1. The van der Waals surface area contributed by atoms with Crippen molar-refractivity contribution in [2.45, 2.75) is 11.8 Å². The van der Waals surface area contributed by atoms with Gasteiger partial charge in [0.25, 0.3) is 0 Å². The van der Waals surface area contributed by atoms with Crippen molar-refractivity contribution in [3.63, 3.8) is 0 Å². The number of hydrogen-bond acceptors (Lipinski definition) is 5. The predicted molar refractivity (Wildman–Crippen MR) is 95.9 cm³/mol. The second-order valence-electron chi connectivity index (χ2n) is 5.31. The fraction of sp³-hybridized carbons (Fsp3) is 0.200. The molecule has 0 radical (unpaired) electrons. The molecule has 0 saturated carbocycles. The Hall–Kier alpha value is -2.04. The summed E-state index contributed by atoms with van der Waals surface area (Å²) in [4.78, 5) is 15.6. The molecule has 1 aromatic carbocycles. The highest BCUT2D eigenvalue weighted by Gasteiger charge is 2.26. The lowest BCUT2D eigenvalue weighted by atomic mass is 10.2. The number of sulfonamides is 1. The van der Waals surface area contributed by atoms with Gasteiger partial charge in [-0.25, -0.2) is 17.8 Å². The van der Waals surface area contributed by atoms with Crippen molar-refractivity contribution < 1.29 is 17.6 Å². The summed E-state index contributed by atoms with van der Waals surface area (Å²) in [5.41, 5.74) is 6.30. The molecule has 134 valence electrons. The van der Waals surface area contributed by atoms with Crippen LogP contribution in [0.2, 0.25) is 0 Å². The first-order valence-corrected chi connectivity index (χ1v) is 9.28. The van der Waals surface area contributed by atoms with Crippen LogP contribution in [0.1, 0.15) is 5.56 Å². The summed E-state index contributed by atoms with van der Waals surface area (Å²) in [5, 5.41) is 2.45. The number of carbonyl (C=O) groups is 1. The summed E-state index contributed by atoms with van der Waals surface area (Å²) < 4.78 is 39.9. The first kappa shape index (κ1) is 19.3. The maximum atomic E-state index is 13.5. The third-order valence-corrected chi connectivity index (χ3v) is 5.62. The van der Waals surface area contributed by atoms with Gasteiger partial charge in [0.1, 0.15) is 16.5 Å². The Labute approximate surface area is 153 Å². The summed E-state index contributed by atoms with van der Waals surface area (Å²) in [6.45, 7) is 1.13. The Morgan fingerprint density at radius 2 is 2.08 bits per heavy atom. The third kappa shape index (κ3) is 4.53. The third-order valence-electron chi connectivity index (χ3n) is 3.36. The van der Waals surface area contributed by atoms with Crippen molar-refractivity contribution in [1.82, 2.24) is 9.29 Å². The Balaban J connectivity index is 2.14. The van der Waals surface area contributed by atoms with Gasteiger partial charge in [-0.15, -0.1) is 0 Å². The smallest absolute Gasteiger partial charge is 0.246 e. The van der Waals surface area contributed by atoms with Gasteiger partial charge < -0.3 is 11.1 Å². The first-order chi connectivity index (χ1) is 11.6. The van der Waals surface area contributed by atoms with Crippen molar-refractivity contribution in [3.8, 4) is 0 Å². The number of aryl methyl sites for hydroxylation is 1. The predicted octanol–water partition coefficient (Wildman–Crippen LogP) is 2.13. The summed E-state index contributed by atoms with van der Waals surface area (Å²) >= 11 is 3.13. The molecule has 25 heavy (non-hydrogen) atoms. The van der Waals surface area contributed by atoms with Crippen LogP contribution in [0.15, 0.2) is 39.8 Å². The highest BCUT2D eigenvalue weighted by Crippen LogP contribution is 2.23. The fourth-order valence-corrected chi connectivity index (χ4v) is 3.66. The molecule has 1 aromatic heterocycles. The van der Waals surface area contributed by atoms with Crippen molar-refractivity contribution in [1.29, 1.82) is 0 Å². The number of benzene rings is 1. The van der Waals surface area contributed by atoms with Gasteiger partial charge in [0.05, 0.1) is 6.54 Å². The molecule has 0 atom stereocenters. The minimum absolute atomic E-state index is 0.170. The summed E-state index contributed by atoms with van der Waals surface area (Å²) in [6, 6.07) is 5.51. The number of nitrogens with one attached hydrogen (secondary N) is 1. The zero-order chi connectivity index (χ0) is 18.8. The van der Waals surface area contributed by atoms with E-state index < -0.39 is 28.3 Å². The number of halogens is 2. The van der Waals surface area contributed by atoms with Gasteiger partial charge in [-0.1, -0.05) is 6.07 Å². The van der Waals surface area contributed by atoms with Gasteiger partial charge >= 0.3 is 0 Å². The minimum atomic E-state index is -4.01. The van der Waals surface area contributed by atoms with Crippen molar-refractivity contribution in [2.75, 3.05) is 24.6 Å². The van der Waals surface area contributed by atoms with Crippen LogP contribution in [-0.4, -0.2) is 37.2 Å². The lowest BCUT2D eigenvalue weighted by molar-refractivity contribution is -0.116. The number of nitrogen functional groups attached to an aromatic ring is 1. The van der Waals surface area contributed by atoms with Crippen LogP contribution < -0.4 is 11.1 Å². The van der Waals surface area contributed by atoms with E-state index in [1.807, 2.05) is 0 Å². The molecule has 0 spiro atoms. The molecule has 3 N–H and O–H groups in total. The van der Waals surface area contributed by atoms with Gasteiger partial charge in [0.15, 0.2) is 0 Å². The highest BCUT2D eigenvalue weighted by molar-refractivity contribution is 9.10. The van der Waals surface area contributed by atoms with Crippen LogP contribution >= 0.6 is 15.9 Å². The number of amides is 1. The van der Waals surface area contributed by atoms with E-state index in [0.717, 1.165) is 10.4 Å². The number of aromatic nitrogens is 1. The standard InChI is InChI=1S/C15H16BrFN4O3S/c1-9-3-4-11(6-12(9)17)20-14(22)8-21(2)25(23,24)13-5-10(16)7-19-15(13)18/h3-7H,8H2,1-2H3,(H2,18,19)(H,20,22). The largest absolute Gasteiger partial charge is 0.383 e. The van der Waals surface area contributed by atoms with Gasteiger partial charge in [-0.2, -0.15) is 4.31 Å². The molecule has 1 heterocycles. The number of likely N-dealkylation sites (N-methyl/N-ethyl adjacent to an activating group) is 1. The number of nitrogens with zero attached hydrogens (tertiary/aromatic N) is 2. The maximum absolute atomic E-state index is 13.5. The molecule has 0 aliphatic rings. The van der Waals surface area contributed by atoms with E-state index >= 15 is 0 Å². The number of hydrogen-bond donors (Lipinski definition) is 2. The molecule has 0 unspecified atom stereocenters. The topological polar surface area (TPSA) is 105 Å². The second kappa shape index (κ2) is 7.46. The lowest BCUT2D eigenvalue weighted by Gasteiger charge is -2.18. The molecule has 0 aliphatic carbocycles. The summed E-state index contributed by atoms with van der Waals surface area (Å²) in [7, 11) is -2.77. The van der Waals surface area contributed by atoms with Crippen LogP contribution in [0, 0.1) is 12.7 Å². The molecular formula is C15H16BrFN4O3S. The molecule has 2 rings (SSSR count). The Morgan fingerprint density at radius 1 is 1.40 bits per heavy atom. The van der Waals surface area contributed by atoms with Crippen molar-refractivity contribution in [3.05, 3.63) is 46.3 Å². The lowest BCUT2D eigenvalue weighted by Crippen LogP contribution is -2.35. The Morgan fingerprint density at radius 3 is 2.72 bits per heavy atom. The van der Waals surface area contributed by atoms with Gasteiger partial charge in [0, 0.05) is 23.4 Å². The molecule has 1 amide bonds. The normalized spacial score (nSPS) is 11.6. The van der Waals surface area contributed by atoms with E-state index in [9.17, 15) is 17.6 Å². The second-order valence-corrected chi connectivity index (χ2v) is 8.24. The van der Waals surface area contributed by atoms with Gasteiger partial charge in [-0.05, 0) is 46.6 Å². The van der Waals surface area contributed by atoms with Gasteiger partial charge in [-0.3, -0.25) is 4.79 Å². The van der Waals surface area contributed by atoms with E-state index in [0.29, 0.717) is 10.0 Å². The minimum Gasteiger partial charge on any atom is -0.383 e. The Bertz CT molecular complexity index is 921. The first-order valence-electron chi connectivity index (χ1n) is 7.04. The quantitative estimate of drug-likeness (QED) is 0.755. The van der Waals surface area contributed by atoms with Crippen LogP contribution in [0.4, 0.5) is 15.9 Å². The van der Waals surface area contributed by atoms with Crippen LogP contribution in [0.5, 0.6) is 0 Å². The van der Waals surface area contributed by atoms with Crippen molar-refractivity contribution >= 4 is 43.4 Å². The van der Waals surface area contributed by atoms with Crippen LogP contribution in [-0.2, 0) is 14.8 Å². The number of rotatable bonds is 5. The fourth-order valence-electron chi connectivity index (χ4n) is 1.96. The monoisotopic (exact) mass is 430 g/mol. The average Bonchev–Trinajstić information content (AvgIpc) is 2.53. The number of anilines is 2. The van der Waals surface area contributed by atoms with Crippen molar-refractivity contribution in [2.24, 2.45) is 0 Å². The maximum Gasteiger partial charge on any atom is 0.246 e. The average molecular weight is 431 g/mol. The zero-order valence-electron chi connectivity index (χ0n) is 13.5. The molecule has 0 aliphatic heterocycles. The number of pyridine rings is 1. The van der Waals surface area contributed by atoms with E-state index in [4.69, 9.17) is 5.73 Å². The van der Waals surface area contributed by atoms with Crippen LogP contribution in [0.3, 0.4) is 0 Å². The molecular weight excluding hydrogens is 415 g/mol. The molecule has 7 nitrogen and oxygen atoms in total. The van der Waals surface area contributed by atoms with E-state index in [1.54, 1.807) is 6.92 Å². The highest BCUT2D eigenvalue weighted by atomic mass is 79.9. The summed E-state index contributed by atoms with van der Waals surface area (Å²) in [6.07, 6.45) is 1.37. The summed E-state index contributed by atoms with van der Waals surface area (Å²) in [5.74, 6) is -1.25. The molecule has 10 heteroatoms. The van der Waals surface area contributed by atoms with E-state index in [-0.39, 0.29) is 16.4 Å². The van der Waals surface area contributed by atoms with Gasteiger partial charge in [0.2, 0.25) is 15.9 Å². The molecule has 0 bridgehead atoms. The molecule has 0 saturated heterocycles.